The van der Waals surface area contributed by atoms with Crippen LogP contribution < -0.4 is 11.5 Å². The number of nitrogens with zero attached hydrogens (tertiary/aromatic N) is 1. The van der Waals surface area contributed by atoms with Gasteiger partial charge in [0.2, 0.25) is 0 Å². The second-order valence-electron chi connectivity index (χ2n) is 1.35. The predicted octanol–water partition coefficient (Wildman–Crippen LogP) is 0.820. The molecule has 4 N–H and O–H groups in total. The Labute approximate surface area is 56.5 Å². The van der Waals surface area contributed by atoms with E-state index >= 15 is 0 Å². The van der Waals surface area contributed by atoms with Gasteiger partial charge in [0, 0.05) is 12.4 Å². The third kappa shape index (κ3) is 43.6. The normalized spacial score (nSPS) is 9.56. The number of hydrogen-bond donors (Lipinski definition) is 2. The van der Waals surface area contributed by atoms with Crippen molar-refractivity contribution in [3.05, 3.63) is 12.4 Å². The van der Waals surface area contributed by atoms with Crippen molar-refractivity contribution in [2.24, 2.45) is 16.5 Å². The van der Waals surface area contributed by atoms with Gasteiger partial charge in [-0.3, -0.25) is 0 Å². The molecule has 0 atom stereocenters. The fourth-order valence-electron chi connectivity index (χ4n) is 0.0994. The van der Waals surface area contributed by atoms with Gasteiger partial charge in [-0.2, -0.15) is 0 Å². The van der Waals surface area contributed by atoms with E-state index < -0.39 is 0 Å². The first-order chi connectivity index (χ1) is 4.33. The summed E-state index contributed by atoms with van der Waals surface area (Å²) in [4.78, 5) is 3.44. The van der Waals surface area contributed by atoms with Crippen molar-refractivity contribution in [1.82, 2.24) is 0 Å². The summed E-state index contributed by atoms with van der Waals surface area (Å²) >= 11 is 0. The average molecular weight is 129 g/mol. The Bertz CT molecular complexity index is 66.4. The average Bonchev–Trinajstić information content (AvgIpc) is 1.86. The molecule has 3 nitrogen and oxygen atoms in total. The van der Waals surface area contributed by atoms with Crippen molar-refractivity contribution in [2.75, 3.05) is 0 Å². The Morgan fingerprint density at radius 1 is 1.33 bits per heavy atom. The molecule has 0 aromatic heterocycles. The van der Waals surface area contributed by atoms with E-state index in [-0.39, 0.29) is 0 Å². The molecular weight excluding hydrogens is 114 g/mol. The van der Waals surface area contributed by atoms with Crippen LogP contribution in [0, 0.1) is 0 Å². The Morgan fingerprint density at radius 2 is 1.78 bits per heavy atom. The fraction of sp³-hybridized carbons (Fsp3) is 0.500. The molecule has 0 aliphatic carbocycles. The summed E-state index contributed by atoms with van der Waals surface area (Å²) in [6.45, 7) is 4.25. The van der Waals surface area contributed by atoms with Gasteiger partial charge < -0.3 is 11.5 Å². The highest BCUT2D eigenvalue weighted by atomic mass is 14.8. The van der Waals surface area contributed by atoms with Crippen molar-refractivity contribution in [3.8, 4) is 0 Å². The van der Waals surface area contributed by atoms with Crippen molar-refractivity contribution in [1.29, 1.82) is 0 Å². The summed E-state index contributed by atoms with van der Waals surface area (Å²) in [6, 6.07) is 0. The molecule has 0 saturated carbocycles. The predicted molar refractivity (Wildman–Crippen MR) is 42.0 cm³/mol. The van der Waals surface area contributed by atoms with Crippen LogP contribution in [0.3, 0.4) is 0 Å². The maximum absolute atomic E-state index is 4.86. The zero-order valence-electron chi connectivity index (χ0n) is 6.04. The summed E-state index contributed by atoms with van der Waals surface area (Å²) in [5.74, 6) is 0. The van der Waals surface area contributed by atoms with E-state index in [0.29, 0.717) is 0 Å². The number of hydrogen-bond acceptors (Lipinski definition) is 2. The molecule has 9 heavy (non-hydrogen) atoms. The molecular formula is C6H15N3. The van der Waals surface area contributed by atoms with Crippen LogP contribution in [-0.2, 0) is 0 Å². The smallest absolute Gasteiger partial charge is 0.0853 e. The quantitative estimate of drug-likeness (QED) is 0.406. The SMILES string of the molecule is CCC.NC=N/C=C\N. The summed E-state index contributed by atoms with van der Waals surface area (Å²) in [5, 5.41) is 0. The van der Waals surface area contributed by atoms with Crippen LogP contribution in [0.15, 0.2) is 17.4 Å². The highest BCUT2D eigenvalue weighted by Gasteiger charge is 1.47. The molecule has 0 aliphatic heterocycles. The molecule has 0 unspecified atom stereocenters. The summed E-state index contributed by atoms with van der Waals surface area (Å²) < 4.78 is 0. The van der Waals surface area contributed by atoms with Gasteiger partial charge in [-0.05, 0) is 0 Å². The largest absolute Gasteiger partial charge is 0.403 e. The maximum atomic E-state index is 4.86. The highest BCUT2D eigenvalue weighted by molar-refractivity contribution is 5.52. The number of nitrogens with two attached hydrogens (primary N) is 2. The van der Waals surface area contributed by atoms with Gasteiger partial charge in [-0.15, -0.1) is 0 Å². The number of rotatable bonds is 1. The molecule has 0 heterocycles. The summed E-state index contributed by atoms with van der Waals surface area (Å²) in [5.41, 5.74) is 9.68. The lowest BCUT2D eigenvalue weighted by Gasteiger charge is -1.66. The Kier molecular flexibility index (Phi) is 19.1. The van der Waals surface area contributed by atoms with Gasteiger partial charge in [0.05, 0.1) is 6.34 Å². The second kappa shape index (κ2) is 15.7. The van der Waals surface area contributed by atoms with Crippen LogP contribution in [0.4, 0.5) is 0 Å². The van der Waals surface area contributed by atoms with E-state index in [1.54, 1.807) is 0 Å². The maximum Gasteiger partial charge on any atom is 0.0853 e. The van der Waals surface area contributed by atoms with Crippen LogP contribution in [0.2, 0.25) is 0 Å². The molecule has 0 fully saturated rings. The molecule has 0 rings (SSSR count). The highest BCUT2D eigenvalue weighted by Crippen LogP contribution is 1.58. The van der Waals surface area contributed by atoms with E-state index in [1.165, 1.54) is 25.2 Å². The Morgan fingerprint density at radius 3 is 1.89 bits per heavy atom. The van der Waals surface area contributed by atoms with E-state index in [2.05, 4.69) is 18.8 Å². The molecule has 0 saturated heterocycles. The van der Waals surface area contributed by atoms with E-state index in [4.69, 9.17) is 11.5 Å². The summed E-state index contributed by atoms with van der Waals surface area (Å²) in [6.07, 6.45) is 5.13. The summed E-state index contributed by atoms with van der Waals surface area (Å²) in [7, 11) is 0. The molecule has 3 heteroatoms. The van der Waals surface area contributed by atoms with Crippen LogP contribution in [-0.4, -0.2) is 6.34 Å². The lowest BCUT2D eigenvalue weighted by Crippen LogP contribution is -1.85. The molecule has 54 valence electrons. The van der Waals surface area contributed by atoms with Gasteiger partial charge in [0.15, 0.2) is 0 Å². The van der Waals surface area contributed by atoms with Gasteiger partial charge >= 0.3 is 0 Å². The van der Waals surface area contributed by atoms with Gasteiger partial charge in [0.1, 0.15) is 0 Å². The minimum absolute atomic E-state index is 1.17. The van der Waals surface area contributed by atoms with E-state index in [1.807, 2.05) is 0 Å². The standard InChI is InChI=1S/C3H7N3.C3H8/c4-1-2-6-3-5;1-3-2/h1-3H,4H2,(H2,5,6);3H2,1-2H3/b2-1-;. The van der Waals surface area contributed by atoms with Gasteiger partial charge in [0.25, 0.3) is 0 Å². The van der Waals surface area contributed by atoms with Crippen LogP contribution in [0.5, 0.6) is 0 Å². The van der Waals surface area contributed by atoms with Gasteiger partial charge in [-0.25, -0.2) is 4.99 Å². The molecule has 0 amide bonds. The minimum Gasteiger partial charge on any atom is -0.403 e. The van der Waals surface area contributed by atoms with E-state index in [9.17, 15) is 0 Å². The second-order valence-corrected chi connectivity index (χ2v) is 1.35. The molecule has 0 aromatic rings. The van der Waals surface area contributed by atoms with Crippen LogP contribution in [0.1, 0.15) is 20.3 Å². The molecule has 0 spiro atoms. The van der Waals surface area contributed by atoms with Crippen molar-refractivity contribution in [3.63, 3.8) is 0 Å². The van der Waals surface area contributed by atoms with Crippen molar-refractivity contribution in [2.45, 2.75) is 20.3 Å². The minimum atomic E-state index is 1.17. The first-order valence-electron chi connectivity index (χ1n) is 2.93. The van der Waals surface area contributed by atoms with Gasteiger partial charge in [-0.1, -0.05) is 20.3 Å². The fourth-order valence-corrected chi connectivity index (χ4v) is 0.0994. The molecule has 0 aliphatic rings. The lowest BCUT2D eigenvalue weighted by molar-refractivity contribution is 1.09. The van der Waals surface area contributed by atoms with E-state index in [0.717, 1.165) is 0 Å². The van der Waals surface area contributed by atoms with Crippen molar-refractivity contribution < 1.29 is 0 Å². The monoisotopic (exact) mass is 129 g/mol. The molecule has 0 radical (unpaired) electrons. The third-order valence-electron chi connectivity index (χ3n) is 0.258. The first-order valence-corrected chi connectivity index (χ1v) is 2.93. The zero-order valence-corrected chi connectivity index (χ0v) is 6.04. The molecule has 0 bridgehead atoms. The first kappa shape index (κ1) is 10.9. The Hall–Kier alpha value is -0.990. The zero-order chi connectivity index (χ0) is 7.54. The topological polar surface area (TPSA) is 64.4 Å². The van der Waals surface area contributed by atoms with Crippen LogP contribution in [0.25, 0.3) is 0 Å². The van der Waals surface area contributed by atoms with Crippen LogP contribution >= 0.6 is 0 Å². The number of aliphatic imine (C=N–C) groups is 1. The molecule has 0 aromatic carbocycles. The van der Waals surface area contributed by atoms with Crippen molar-refractivity contribution >= 4 is 6.34 Å². The third-order valence-corrected chi connectivity index (χ3v) is 0.258. The Balaban J connectivity index is 0. The lowest BCUT2D eigenvalue weighted by atomic mass is 10.6.